The van der Waals surface area contributed by atoms with E-state index in [1.54, 1.807) is 0 Å². The second-order valence-electron chi connectivity index (χ2n) is 4.24. The van der Waals surface area contributed by atoms with Crippen molar-refractivity contribution in [3.8, 4) is 0 Å². The van der Waals surface area contributed by atoms with Crippen LogP contribution >= 0.6 is 11.8 Å². The van der Waals surface area contributed by atoms with Gasteiger partial charge >= 0.3 is 6.18 Å². The van der Waals surface area contributed by atoms with E-state index in [0.717, 1.165) is 23.9 Å². The zero-order valence-corrected chi connectivity index (χ0v) is 11.5. The van der Waals surface area contributed by atoms with Crippen molar-refractivity contribution in [3.63, 3.8) is 0 Å². The predicted molar refractivity (Wildman–Crippen MR) is 72.9 cm³/mol. The quantitative estimate of drug-likeness (QED) is 0.457. The van der Waals surface area contributed by atoms with Gasteiger partial charge in [0.25, 0.3) is 0 Å². The average molecular weight is 314 g/mol. The topological polar surface area (TPSA) is 17.1 Å². The molecule has 2 rings (SSSR count). The highest BCUT2D eigenvalue weighted by Gasteiger charge is 2.30. The summed E-state index contributed by atoms with van der Waals surface area (Å²) in [5.41, 5.74) is -0.834. The van der Waals surface area contributed by atoms with E-state index in [9.17, 15) is 22.4 Å². The Morgan fingerprint density at radius 3 is 2.33 bits per heavy atom. The monoisotopic (exact) mass is 314 g/mol. The number of rotatable bonds is 4. The first-order valence-electron chi connectivity index (χ1n) is 5.95. The van der Waals surface area contributed by atoms with Gasteiger partial charge in [0.05, 0.1) is 11.3 Å². The van der Waals surface area contributed by atoms with E-state index in [4.69, 9.17) is 0 Å². The molecule has 2 aromatic carbocycles. The van der Waals surface area contributed by atoms with Gasteiger partial charge in [-0.25, -0.2) is 4.39 Å². The summed E-state index contributed by atoms with van der Waals surface area (Å²) in [5.74, 6) is -0.800. The third-order valence-electron chi connectivity index (χ3n) is 2.70. The normalized spacial score (nSPS) is 11.4. The van der Waals surface area contributed by atoms with Gasteiger partial charge in [0.2, 0.25) is 0 Å². The Labute approximate surface area is 123 Å². The maximum Gasteiger partial charge on any atom is 0.416 e. The van der Waals surface area contributed by atoms with Crippen LogP contribution in [0.15, 0.2) is 53.4 Å². The summed E-state index contributed by atoms with van der Waals surface area (Å²) >= 11 is 1.15. The minimum Gasteiger partial charge on any atom is -0.293 e. The second kappa shape index (κ2) is 6.30. The summed E-state index contributed by atoms with van der Waals surface area (Å²) < 4.78 is 50.4. The number of alkyl halides is 3. The van der Waals surface area contributed by atoms with Crippen molar-refractivity contribution in [3.05, 3.63) is 65.5 Å². The molecule has 0 bridgehead atoms. The Bertz CT molecular complexity index is 635. The number of hydrogen-bond acceptors (Lipinski definition) is 2. The Hall–Kier alpha value is -1.82. The second-order valence-corrected chi connectivity index (χ2v) is 5.29. The average Bonchev–Trinajstić information content (AvgIpc) is 2.45. The molecule has 0 saturated heterocycles. The van der Waals surface area contributed by atoms with Crippen molar-refractivity contribution < 1.29 is 22.4 Å². The molecule has 0 aliphatic carbocycles. The van der Waals surface area contributed by atoms with Crippen LogP contribution in [-0.4, -0.2) is 11.5 Å². The molecule has 2 aromatic rings. The molecule has 0 aromatic heterocycles. The Kier molecular flexibility index (Phi) is 4.67. The van der Waals surface area contributed by atoms with Gasteiger partial charge < -0.3 is 0 Å². The summed E-state index contributed by atoms with van der Waals surface area (Å²) in [5, 5.41) is 0. The highest BCUT2D eigenvalue weighted by molar-refractivity contribution is 8.00. The number of hydrogen-bond donors (Lipinski definition) is 0. The molecule has 0 saturated carbocycles. The first-order valence-corrected chi connectivity index (χ1v) is 6.93. The molecule has 0 unspecified atom stereocenters. The number of thioether (sulfide) groups is 1. The molecule has 110 valence electrons. The molecular formula is C15H10F4OS. The zero-order chi connectivity index (χ0) is 15.5. The first-order chi connectivity index (χ1) is 9.86. The zero-order valence-electron chi connectivity index (χ0n) is 10.7. The third kappa shape index (κ3) is 4.32. The van der Waals surface area contributed by atoms with Crippen LogP contribution in [0.5, 0.6) is 0 Å². The Morgan fingerprint density at radius 1 is 1.05 bits per heavy atom. The summed E-state index contributed by atoms with van der Waals surface area (Å²) in [4.78, 5) is 12.6. The van der Waals surface area contributed by atoms with Crippen molar-refractivity contribution in [2.24, 2.45) is 0 Å². The molecule has 0 amide bonds. The van der Waals surface area contributed by atoms with Gasteiger partial charge in [0, 0.05) is 10.5 Å². The molecule has 0 heterocycles. The van der Waals surface area contributed by atoms with Crippen LogP contribution < -0.4 is 0 Å². The lowest BCUT2D eigenvalue weighted by atomic mass is 10.1. The van der Waals surface area contributed by atoms with E-state index in [1.807, 2.05) is 0 Å². The predicted octanol–water partition coefficient (Wildman–Crippen LogP) is 4.82. The van der Waals surface area contributed by atoms with E-state index in [1.165, 1.54) is 36.4 Å². The lowest BCUT2D eigenvalue weighted by molar-refractivity contribution is -0.137. The van der Waals surface area contributed by atoms with Crippen molar-refractivity contribution in [1.82, 2.24) is 0 Å². The van der Waals surface area contributed by atoms with Gasteiger partial charge in [-0.3, -0.25) is 4.79 Å². The maximum atomic E-state index is 12.7. The SMILES string of the molecule is O=C(CSc1ccc(F)cc1)c1cccc(C(F)(F)F)c1. The van der Waals surface area contributed by atoms with Gasteiger partial charge in [-0.1, -0.05) is 12.1 Å². The highest BCUT2D eigenvalue weighted by atomic mass is 32.2. The van der Waals surface area contributed by atoms with Crippen LogP contribution in [0.3, 0.4) is 0 Å². The van der Waals surface area contributed by atoms with Crippen LogP contribution in [-0.2, 0) is 6.18 Å². The lowest BCUT2D eigenvalue weighted by Crippen LogP contribution is -2.08. The van der Waals surface area contributed by atoms with Gasteiger partial charge in [0.15, 0.2) is 5.78 Å². The fraction of sp³-hybridized carbons (Fsp3) is 0.133. The minimum absolute atomic E-state index is 0.00700. The van der Waals surface area contributed by atoms with Crippen molar-refractivity contribution in [2.45, 2.75) is 11.1 Å². The molecule has 0 radical (unpaired) electrons. The standard InChI is InChI=1S/C15H10F4OS/c16-12-4-6-13(7-5-12)21-9-14(20)10-2-1-3-11(8-10)15(17,18)19/h1-8H,9H2. The number of ketones is 1. The minimum atomic E-state index is -4.47. The van der Waals surface area contributed by atoms with Crippen LogP contribution in [0, 0.1) is 5.82 Å². The molecule has 0 N–H and O–H groups in total. The van der Waals surface area contributed by atoms with Crippen molar-refractivity contribution in [2.75, 3.05) is 5.75 Å². The molecule has 0 fully saturated rings. The molecule has 0 spiro atoms. The molecule has 0 atom stereocenters. The molecule has 6 heteroatoms. The van der Waals surface area contributed by atoms with Crippen LogP contribution in [0.4, 0.5) is 17.6 Å². The van der Waals surface area contributed by atoms with E-state index < -0.39 is 17.5 Å². The molecular weight excluding hydrogens is 304 g/mol. The third-order valence-corrected chi connectivity index (χ3v) is 3.71. The van der Waals surface area contributed by atoms with Gasteiger partial charge in [-0.2, -0.15) is 13.2 Å². The maximum absolute atomic E-state index is 12.7. The van der Waals surface area contributed by atoms with Gasteiger partial charge in [-0.15, -0.1) is 11.8 Å². The molecule has 0 aliphatic heterocycles. The van der Waals surface area contributed by atoms with Crippen LogP contribution in [0.25, 0.3) is 0 Å². The van der Waals surface area contributed by atoms with Crippen LogP contribution in [0.1, 0.15) is 15.9 Å². The largest absolute Gasteiger partial charge is 0.416 e. The highest BCUT2D eigenvalue weighted by Crippen LogP contribution is 2.30. The first kappa shape index (κ1) is 15.6. The number of carbonyl (C=O) groups is 1. The molecule has 1 nitrogen and oxygen atoms in total. The van der Waals surface area contributed by atoms with Crippen molar-refractivity contribution >= 4 is 17.5 Å². The smallest absolute Gasteiger partial charge is 0.293 e. The number of halogens is 4. The summed E-state index contributed by atoms with van der Waals surface area (Å²) in [6, 6.07) is 9.87. The Morgan fingerprint density at radius 2 is 1.71 bits per heavy atom. The number of carbonyl (C=O) groups excluding carboxylic acids is 1. The van der Waals surface area contributed by atoms with E-state index >= 15 is 0 Å². The van der Waals surface area contributed by atoms with E-state index in [-0.39, 0.29) is 17.1 Å². The van der Waals surface area contributed by atoms with Gasteiger partial charge in [-0.05, 0) is 36.4 Å². The number of Topliss-reactive ketones (excluding diaryl/α,β-unsaturated/α-hetero) is 1. The number of benzene rings is 2. The molecule has 21 heavy (non-hydrogen) atoms. The summed E-state index contributed by atoms with van der Waals surface area (Å²) in [6.07, 6.45) is -4.47. The lowest BCUT2D eigenvalue weighted by Gasteiger charge is -2.08. The molecule has 0 aliphatic rings. The summed E-state index contributed by atoms with van der Waals surface area (Å²) in [7, 11) is 0. The fourth-order valence-corrected chi connectivity index (χ4v) is 2.42. The van der Waals surface area contributed by atoms with Crippen LogP contribution in [0.2, 0.25) is 0 Å². The van der Waals surface area contributed by atoms with Gasteiger partial charge in [0.1, 0.15) is 5.82 Å². The van der Waals surface area contributed by atoms with E-state index in [0.29, 0.717) is 4.90 Å². The van der Waals surface area contributed by atoms with Crippen molar-refractivity contribution in [1.29, 1.82) is 0 Å². The Balaban J connectivity index is 2.05. The summed E-state index contributed by atoms with van der Waals surface area (Å²) in [6.45, 7) is 0. The fourth-order valence-electron chi connectivity index (χ4n) is 1.63. The van der Waals surface area contributed by atoms with E-state index in [2.05, 4.69) is 0 Å².